The van der Waals surface area contributed by atoms with E-state index in [1.807, 2.05) is 11.1 Å². The molecule has 0 spiro atoms. The Bertz CT molecular complexity index is 1060. The van der Waals surface area contributed by atoms with Gasteiger partial charge in [-0.25, -0.2) is 4.39 Å². The van der Waals surface area contributed by atoms with Gasteiger partial charge in [0, 0.05) is 35.8 Å². The van der Waals surface area contributed by atoms with Gasteiger partial charge in [-0.15, -0.1) is 0 Å². The number of nitrogens with one attached hydrogen (secondary N) is 2. The van der Waals surface area contributed by atoms with Crippen LogP contribution in [0.15, 0.2) is 42.6 Å². The molecule has 0 aliphatic carbocycles. The molecule has 2 aromatic carbocycles. The molecule has 31 heavy (non-hydrogen) atoms. The Kier molecular flexibility index (Phi) is 7.16. The van der Waals surface area contributed by atoms with E-state index >= 15 is 0 Å². The van der Waals surface area contributed by atoms with Gasteiger partial charge >= 0.3 is 0 Å². The van der Waals surface area contributed by atoms with Crippen molar-refractivity contribution in [3.63, 3.8) is 0 Å². The Balaban J connectivity index is 1.17. The molecule has 4 nitrogen and oxygen atoms in total. The summed E-state index contributed by atoms with van der Waals surface area (Å²) in [6, 6.07) is 9.90. The fraction of sp³-hybridized carbons (Fsp3) is 0.375. The summed E-state index contributed by atoms with van der Waals surface area (Å²) in [5.74, 6) is 0.385. The second-order valence-electron chi connectivity index (χ2n) is 8.18. The van der Waals surface area contributed by atoms with Crippen LogP contribution in [0.1, 0.15) is 35.2 Å². The van der Waals surface area contributed by atoms with E-state index in [2.05, 4.69) is 10.3 Å². The quantitative estimate of drug-likeness (QED) is 0.444. The molecule has 1 amide bonds. The summed E-state index contributed by atoms with van der Waals surface area (Å²) in [6.07, 6.45) is 5.86. The molecule has 1 aliphatic heterocycles. The Labute approximate surface area is 191 Å². The maximum absolute atomic E-state index is 13.5. The molecule has 4 rings (SSSR count). The number of hydrogen-bond acceptors (Lipinski definition) is 2. The number of rotatable bonds is 7. The van der Waals surface area contributed by atoms with Gasteiger partial charge in [0.1, 0.15) is 5.82 Å². The zero-order valence-corrected chi connectivity index (χ0v) is 18.8. The average Bonchev–Trinajstić information content (AvgIpc) is 3.17. The van der Waals surface area contributed by atoms with E-state index in [9.17, 15) is 9.18 Å². The van der Waals surface area contributed by atoms with Crippen LogP contribution in [-0.2, 0) is 6.42 Å². The fourth-order valence-electron chi connectivity index (χ4n) is 4.22. The number of benzene rings is 2. The Morgan fingerprint density at radius 3 is 2.71 bits per heavy atom. The molecule has 3 aromatic rings. The number of carbonyl (C=O) groups excluding carboxylic acids is 1. The predicted molar refractivity (Wildman–Crippen MR) is 125 cm³/mol. The van der Waals surface area contributed by atoms with Gasteiger partial charge in [0.15, 0.2) is 0 Å². The molecule has 164 valence electrons. The molecule has 2 heterocycles. The monoisotopic (exact) mass is 461 g/mol. The number of hydrogen-bond donors (Lipinski definition) is 2. The number of aromatic amines is 1. The number of fused-ring (bicyclic) bond motifs is 1. The number of halogens is 3. The van der Waals surface area contributed by atoms with Crippen LogP contribution >= 0.6 is 23.2 Å². The third-order valence-electron chi connectivity index (χ3n) is 6.03. The Hall–Kier alpha value is -2.08. The molecule has 0 saturated carbocycles. The van der Waals surface area contributed by atoms with Gasteiger partial charge < -0.3 is 15.2 Å². The minimum atomic E-state index is -0.199. The zero-order chi connectivity index (χ0) is 21.8. The van der Waals surface area contributed by atoms with Gasteiger partial charge in [-0.2, -0.15) is 0 Å². The van der Waals surface area contributed by atoms with Crippen LogP contribution in [-0.4, -0.2) is 42.0 Å². The first kappa shape index (κ1) is 22.1. The molecule has 1 aromatic heterocycles. The van der Waals surface area contributed by atoms with Crippen molar-refractivity contribution in [2.24, 2.45) is 5.92 Å². The first-order chi connectivity index (χ1) is 15.0. The Morgan fingerprint density at radius 2 is 1.94 bits per heavy atom. The van der Waals surface area contributed by atoms with Crippen LogP contribution in [0.5, 0.6) is 0 Å². The highest BCUT2D eigenvalue weighted by atomic mass is 35.5. The van der Waals surface area contributed by atoms with Crippen LogP contribution < -0.4 is 5.32 Å². The van der Waals surface area contributed by atoms with Crippen molar-refractivity contribution in [1.82, 2.24) is 15.2 Å². The lowest BCUT2D eigenvalue weighted by Gasteiger charge is -2.32. The largest absolute Gasteiger partial charge is 0.361 e. The van der Waals surface area contributed by atoms with Gasteiger partial charge in [0.05, 0.1) is 10.0 Å². The first-order valence-corrected chi connectivity index (χ1v) is 11.5. The van der Waals surface area contributed by atoms with Gasteiger partial charge in [-0.3, -0.25) is 4.79 Å². The minimum absolute atomic E-state index is 0.0140. The number of likely N-dealkylation sites (tertiary alicyclic amines) is 1. The summed E-state index contributed by atoms with van der Waals surface area (Å²) in [6.45, 7) is 3.39. The third kappa shape index (κ3) is 5.40. The van der Waals surface area contributed by atoms with Crippen molar-refractivity contribution in [1.29, 1.82) is 0 Å². The van der Waals surface area contributed by atoms with E-state index in [1.54, 1.807) is 30.3 Å². The lowest BCUT2D eigenvalue weighted by Crippen LogP contribution is -2.40. The van der Waals surface area contributed by atoms with E-state index < -0.39 is 0 Å². The maximum atomic E-state index is 13.5. The normalized spacial score (nSPS) is 15.0. The Morgan fingerprint density at radius 1 is 1.13 bits per heavy atom. The lowest BCUT2D eigenvalue weighted by molar-refractivity contribution is 0.0690. The smallest absolute Gasteiger partial charge is 0.253 e. The number of carbonyl (C=O) groups is 1. The number of aromatic nitrogens is 1. The summed E-state index contributed by atoms with van der Waals surface area (Å²) in [7, 11) is 0. The zero-order valence-electron chi connectivity index (χ0n) is 17.3. The molecule has 1 aliphatic rings. The second kappa shape index (κ2) is 10.0. The highest BCUT2D eigenvalue weighted by Gasteiger charge is 2.23. The van der Waals surface area contributed by atoms with Gasteiger partial charge in [0.2, 0.25) is 0 Å². The topological polar surface area (TPSA) is 48.1 Å². The van der Waals surface area contributed by atoms with Crippen molar-refractivity contribution in [3.05, 3.63) is 69.6 Å². The molecular formula is C24H26Cl2FN3O. The van der Waals surface area contributed by atoms with E-state index in [0.717, 1.165) is 68.3 Å². The molecule has 7 heteroatoms. The molecule has 2 N–H and O–H groups in total. The summed E-state index contributed by atoms with van der Waals surface area (Å²) in [5, 5.41) is 5.38. The lowest BCUT2D eigenvalue weighted by atomic mass is 9.96. The van der Waals surface area contributed by atoms with Crippen molar-refractivity contribution in [3.8, 4) is 0 Å². The van der Waals surface area contributed by atoms with Crippen molar-refractivity contribution < 1.29 is 9.18 Å². The summed E-state index contributed by atoms with van der Waals surface area (Å²) >= 11 is 12.0. The summed E-state index contributed by atoms with van der Waals surface area (Å²) < 4.78 is 13.5. The molecule has 0 radical (unpaired) electrons. The van der Waals surface area contributed by atoms with E-state index in [1.165, 1.54) is 6.07 Å². The number of H-pyrrole nitrogens is 1. The van der Waals surface area contributed by atoms with Gasteiger partial charge in [-0.05, 0) is 86.7 Å². The third-order valence-corrected chi connectivity index (χ3v) is 6.77. The highest BCUT2D eigenvalue weighted by Crippen LogP contribution is 2.25. The number of aryl methyl sites for hydroxylation is 1. The first-order valence-electron chi connectivity index (χ1n) is 10.7. The number of nitrogens with zero attached hydrogens (tertiary/aromatic N) is 1. The van der Waals surface area contributed by atoms with Crippen LogP contribution in [0, 0.1) is 11.7 Å². The molecule has 0 unspecified atom stereocenters. The van der Waals surface area contributed by atoms with Crippen molar-refractivity contribution >= 4 is 40.0 Å². The molecule has 1 saturated heterocycles. The summed E-state index contributed by atoms with van der Waals surface area (Å²) in [4.78, 5) is 17.8. The van der Waals surface area contributed by atoms with Crippen molar-refractivity contribution in [2.75, 3.05) is 26.2 Å². The van der Waals surface area contributed by atoms with E-state index in [4.69, 9.17) is 23.2 Å². The molecule has 0 atom stereocenters. The second-order valence-corrected chi connectivity index (χ2v) is 8.99. The van der Waals surface area contributed by atoms with Gasteiger partial charge in [-0.1, -0.05) is 23.2 Å². The fourth-order valence-corrected chi connectivity index (χ4v) is 4.52. The summed E-state index contributed by atoms with van der Waals surface area (Å²) in [5.41, 5.74) is 2.72. The molecule has 1 fully saturated rings. The van der Waals surface area contributed by atoms with E-state index in [-0.39, 0.29) is 11.7 Å². The number of piperidine rings is 1. The van der Waals surface area contributed by atoms with Crippen LogP contribution in [0.25, 0.3) is 10.9 Å². The van der Waals surface area contributed by atoms with Crippen LogP contribution in [0.4, 0.5) is 4.39 Å². The SMILES string of the molecule is O=C(c1ccc(Cl)c(Cl)c1)N1CCC(CNCCCc2c[nH]c3ccc(F)cc23)CC1. The molecular weight excluding hydrogens is 436 g/mol. The number of amides is 1. The van der Waals surface area contributed by atoms with Crippen LogP contribution in [0.3, 0.4) is 0 Å². The van der Waals surface area contributed by atoms with E-state index in [0.29, 0.717) is 21.5 Å². The van der Waals surface area contributed by atoms with Crippen molar-refractivity contribution in [2.45, 2.75) is 25.7 Å². The highest BCUT2D eigenvalue weighted by molar-refractivity contribution is 6.42. The standard InChI is InChI=1S/C24H26Cl2FN3O/c25-21-5-3-17(12-22(21)26)24(31)30-10-7-16(8-11-30)14-28-9-1-2-18-15-29-23-6-4-19(27)13-20(18)23/h3-6,12-13,15-16,28-29H,1-2,7-11,14H2. The molecule has 0 bridgehead atoms. The van der Waals surface area contributed by atoms with Gasteiger partial charge in [0.25, 0.3) is 5.91 Å². The van der Waals surface area contributed by atoms with Crippen LogP contribution in [0.2, 0.25) is 10.0 Å². The average molecular weight is 462 g/mol. The predicted octanol–water partition coefficient (Wildman–Crippen LogP) is 5.69. The minimum Gasteiger partial charge on any atom is -0.361 e. The maximum Gasteiger partial charge on any atom is 0.253 e.